The molecular formula is C21H27N5O4S. The van der Waals surface area contributed by atoms with Gasteiger partial charge in [0, 0.05) is 30.2 Å². The summed E-state index contributed by atoms with van der Waals surface area (Å²) in [6, 6.07) is 6.46. The molecule has 0 bridgehead atoms. The third kappa shape index (κ3) is 4.40. The molecule has 0 saturated heterocycles. The van der Waals surface area contributed by atoms with Gasteiger partial charge in [-0.1, -0.05) is 13.8 Å². The lowest BCUT2D eigenvalue weighted by Crippen LogP contribution is -2.31. The second kappa shape index (κ2) is 9.03. The molecule has 1 aromatic carbocycles. The molecule has 0 saturated carbocycles. The molecule has 31 heavy (non-hydrogen) atoms. The average Bonchev–Trinajstić information content (AvgIpc) is 3.14. The molecule has 0 atom stereocenters. The Kier molecular flexibility index (Phi) is 6.61. The molecule has 2 aromatic heterocycles. The van der Waals surface area contributed by atoms with E-state index in [4.69, 9.17) is 4.74 Å². The topological polar surface area (TPSA) is 106 Å². The van der Waals surface area contributed by atoms with Crippen LogP contribution in [0.15, 0.2) is 35.4 Å². The first-order chi connectivity index (χ1) is 14.7. The molecule has 0 aliphatic heterocycles. The Morgan fingerprint density at radius 1 is 1.16 bits per heavy atom. The van der Waals surface area contributed by atoms with E-state index in [0.717, 1.165) is 11.4 Å². The summed E-state index contributed by atoms with van der Waals surface area (Å²) in [6.07, 6.45) is 1.45. The fourth-order valence-electron chi connectivity index (χ4n) is 3.39. The SMILES string of the molecule is CCOc1ccc(NC(=O)c2cnn3c(C)cc(C)nc23)cc1S(=O)(=O)N(CC)CC. The van der Waals surface area contributed by atoms with Crippen LogP contribution >= 0.6 is 0 Å². The Bertz CT molecular complexity index is 1220. The number of amides is 1. The van der Waals surface area contributed by atoms with Crippen molar-refractivity contribution in [2.45, 2.75) is 39.5 Å². The van der Waals surface area contributed by atoms with Crippen molar-refractivity contribution in [3.8, 4) is 5.75 Å². The largest absolute Gasteiger partial charge is 0.492 e. The number of carbonyl (C=O) groups excluding carboxylic acids is 1. The van der Waals surface area contributed by atoms with Crippen molar-refractivity contribution in [3.05, 3.63) is 47.4 Å². The van der Waals surface area contributed by atoms with Crippen molar-refractivity contribution in [1.82, 2.24) is 18.9 Å². The molecule has 0 aliphatic rings. The zero-order chi connectivity index (χ0) is 22.8. The summed E-state index contributed by atoms with van der Waals surface area (Å²) in [6.45, 7) is 10.0. The van der Waals surface area contributed by atoms with E-state index in [1.807, 2.05) is 19.9 Å². The summed E-state index contributed by atoms with van der Waals surface area (Å²) in [5.41, 5.74) is 2.71. The minimum Gasteiger partial charge on any atom is -0.492 e. The Labute approximate surface area is 182 Å². The highest BCUT2D eigenvalue weighted by Crippen LogP contribution is 2.30. The highest BCUT2D eigenvalue weighted by Gasteiger charge is 2.26. The molecule has 3 rings (SSSR count). The number of carbonyl (C=O) groups is 1. The Hall–Kier alpha value is -2.98. The molecule has 0 radical (unpaired) electrons. The van der Waals surface area contributed by atoms with E-state index in [9.17, 15) is 13.2 Å². The van der Waals surface area contributed by atoms with Crippen LogP contribution < -0.4 is 10.1 Å². The van der Waals surface area contributed by atoms with Gasteiger partial charge in [0.05, 0.1) is 12.8 Å². The third-order valence-corrected chi connectivity index (χ3v) is 6.92. The maximum atomic E-state index is 13.1. The lowest BCUT2D eigenvalue weighted by molar-refractivity contribution is 0.102. The van der Waals surface area contributed by atoms with E-state index >= 15 is 0 Å². The van der Waals surface area contributed by atoms with Crippen molar-refractivity contribution >= 4 is 27.3 Å². The highest BCUT2D eigenvalue weighted by atomic mass is 32.2. The molecule has 0 aliphatic carbocycles. The number of hydrogen-bond acceptors (Lipinski definition) is 6. The van der Waals surface area contributed by atoms with E-state index in [-0.39, 0.29) is 10.6 Å². The monoisotopic (exact) mass is 445 g/mol. The first-order valence-corrected chi connectivity index (χ1v) is 11.6. The van der Waals surface area contributed by atoms with E-state index in [2.05, 4.69) is 15.4 Å². The zero-order valence-corrected chi connectivity index (χ0v) is 19.2. The number of nitrogens with zero attached hydrogens (tertiary/aromatic N) is 4. The lowest BCUT2D eigenvalue weighted by atomic mass is 10.2. The van der Waals surface area contributed by atoms with Crippen LogP contribution in [-0.4, -0.2) is 52.9 Å². The van der Waals surface area contributed by atoms with Crippen LogP contribution in [0.2, 0.25) is 0 Å². The number of ether oxygens (including phenoxy) is 1. The number of rotatable bonds is 8. The summed E-state index contributed by atoms with van der Waals surface area (Å²) in [7, 11) is -3.78. The summed E-state index contributed by atoms with van der Waals surface area (Å²) < 4.78 is 34.7. The molecule has 0 spiro atoms. The van der Waals surface area contributed by atoms with Crippen LogP contribution in [0.1, 0.15) is 42.5 Å². The van der Waals surface area contributed by atoms with Gasteiger partial charge < -0.3 is 10.1 Å². The molecule has 1 N–H and O–H groups in total. The van der Waals surface area contributed by atoms with Crippen LogP contribution in [0.25, 0.3) is 5.65 Å². The summed E-state index contributed by atoms with van der Waals surface area (Å²) >= 11 is 0. The van der Waals surface area contributed by atoms with E-state index in [1.165, 1.54) is 16.6 Å². The van der Waals surface area contributed by atoms with Gasteiger partial charge in [0.2, 0.25) is 10.0 Å². The van der Waals surface area contributed by atoms with Gasteiger partial charge in [0.15, 0.2) is 5.65 Å². The number of aromatic nitrogens is 3. The van der Waals surface area contributed by atoms with Crippen LogP contribution in [-0.2, 0) is 10.0 Å². The van der Waals surface area contributed by atoms with E-state index in [0.29, 0.717) is 36.6 Å². The first-order valence-electron chi connectivity index (χ1n) is 10.1. The molecule has 1 amide bonds. The van der Waals surface area contributed by atoms with Crippen molar-refractivity contribution in [2.24, 2.45) is 0 Å². The Morgan fingerprint density at radius 2 is 1.87 bits per heavy atom. The number of aryl methyl sites for hydroxylation is 2. The molecule has 166 valence electrons. The number of anilines is 1. The minimum absolute atomic E-state index is 0.0144. The van der Waals surface area contributed by atoms with Gasteiger partial charge in [-0.15, -0.1) is 0 Å². The van der Waals surface area contributed by atoms with Crippen molar-refractivity contribution in [2.75, 3.05) is 25.0 Å². The number of hydrogen-bond donors (Lipinski definition) is 1. The van der Waals surface area contributed by atoms with E-state index in [1.54, 1.807) is 37.4 Å². The summed E-state index contributed by atoms with van der Waals surface area (Å²) in [5.74, 6) is -0.181. The van der Waals surface area contributed by atoms with Crippen molar-refractivity contribution < 1.29 is 17.9 Å². The highest BCUT2D eigenvalue weighted by molar-refractivity contribution is 7.89. The van der Waals surface area contributed by atoms with Gasteiger partial charge in [-0.2, -0.15) is 9.40 Å². The fourth-order valence-corrected chi connectivity index (χ4v) is 5.01. The van der Waals surface area contributed by atoms with Crippen LogP contribution in [0.3, 0.4) is 0 Å². The van der Waals surface area contributed by atoms with Crippen molar-refractivity contribution in [3.63, 3.8) is 0 Å². The molecule has 10 heteroatoms. The van der Waals surface area contributed by atoms with Gasteiger partial charge in [0.1, 0.15) is 16.2 Å². The number of sulfonamides is 1. The second-order valence-electron chi connectivity index (χ2n) is 6.97. The van der Waals surface area contributed by atoms with Crippen LogP contribution in [0.5, 0.6) is 5.75 Å². The molecule has 2 heterocycles. The lowest BCUT2D eigenvalue weighted by Gasteiger charge is -2.21. The molecule has 0 unspecified atom stereocenters. The maximum absolute atomic E-state index is 13.1. The molecule has 3 aromatic rings. The van der Waals surface area contributed by atoms with Gasteiger partial charge in [-0.3, -0.25) is 4.79 Å². The van der Waals surface area contributed by atoms with Gasteiger partial charge in [0.25, 0.3) is 5.91 Å². The van der Waals surface area contributed by atoms with Gasteiger partial charge >= 0.3 is 0 Å². The minimum atomic E-state index is -3.78. The van der Waals surface area contributed by atoms with Gasteiger partial charge in [-0.05, 0) is 45.0 Å². The van der Waals surface area contributed by atoms with Crippen molar-refractivity contribution in [1.29, 1.82) is 0 Å². The maximum Gasteiger partial charge on any atom is 0.261 e. The number of fused-ring (bicyclic) bond motifs is 1. The van der Waals surface area contributed by atoms with Gasteiger partial charge in [-0.25, -0.2) is 17.9 Å². The Balaban J connectivity index is 2.00. The molecule has 0 fully saturated rings. The predicted molar refractivity (Wildman–Crippen MR) is 118 cm³/mol. The number of benzene rings is 1. The standard InChI is InChI=1S/C21H27N5O4S/c1-6-25(7-2)31(28,29)19-12-16(9-10-18(19)30-8-3)24-21(27)17-13-22-26-15(5)11-14(4)23-20(17)26/h9-13H,6-8H2,1-5H3,(H,24,27). The fraction of sp³-hybridized carbons (Fsp3) is 0.381. The zero-order valence-electron chi connectivity index (χ0n) is 18.3. The summed E-state index contributed by atoms with van der Waals surface area (Å²) in [4.78, 5) is 17.4. The second-order valence-corrected chi connectivity index (χ2v) is 8.88. The Morgan fingerprint density at radius 3 is 2.52 bits per heavy atom. The quantitative estimate of drug-likeness (QED) is 0.571. The average molecular weight is 446 g/mol. The predicted octanol–water partition coefficient (Wildman–Crippen LogP) is 3.03. The molecule has 9 nitrogen and oxygen atoms in total. The summed E-state index contributed by atoms with van der Waals surface area (Å²) in [5, 5.41) is 6.99. The number of nitrogens with one attached hydrogen (secondary N) is 1. The third-order valence-electron chi connectivity index (χ3n) is 4.85. The van der Waals surface area contributed by atoms with E-state index < -0.39 is 15.9 Å². The normalized spacial score (nSPS) is 11.8. The first kappa shape index (κ1) is 22.7. The van der Waals surface area contributed by atoms with Crippen LogP contribution in [0.4, 0.5) is 5.69 Å². The molecular weight excluding hydrogens is 418 g/mol. The smallest absolute Gasteiger partial charge is 0.261 e. The van der Waals surface area contributed by atoms with Crippen LogP contribution in [0, 0.1) is 13.8 Å².